The number of sulfonamides is 2. The van der Waals surface area contributed by atoms with Crippen molar-refractivity contribution in [3.8, 4) is 22.5 Å². The van der Waals surface area contributed by atoms with Gasteiger partial charge in [0, 0.05) is 62.0 Å². The maximum Gasteiger partial charge on any atom is 0.308 e. The number of hydrogen-bond donors (Lipinski definition) is 2. The molecule has 2 saturated heterocycles. The van der Waals surface area contributed by atoms with Gasteiger partial charge in [0.05, 0.1) is 85.8 Å². The van der Waals surface area contributed by atoms with Crippen LogP contribution in [-0.4, -0.2) is 149 Å². The third-order valence-electron chi connectivity index (χ3n) is 13.0. The van der Waals surface area contributed by atoms with Gasteiger partial charge in [-0.3, -0.25) is 9.59 Å². The van der Waals surface area contributed by atoms with E-state index in [1.807, 2.05) is 27.7 Å². The highest BCUT2D eigenvalue weighted by molar-refractivity contribution is 7.92. The van der Waals surface area contributed by atoms with E-state index in [-0.39, 0.29) is 67.2 Å². The number of carbonyl (C=O) groups is 2. The van der Waals surface area contributed by atoms with Gasteiger partial charge in [-0.15, -0.1) is 0 Å². The minimum atomic E-state index is -3.67. The van der Waals surface area contributed by atoms with Crippen molar-refractivity contribution in [3.63, 3.8) is 0 Å². The molecule has 2 aromatic heterocycles. The number of rotatable bonds is 24. The number of aromatic nitrogens is 4. The molecule has 0 amide bonds. The Labute approximate surface area is 481 Å². The van der Waals surface area contributed by atoms with Crippen molar-refractivity contribution >= 4 is 56.0 Å². The van der Waals surface area contributed by atoms with Gasteiger partial charge in [0.25, 0.3) is 0 Å². The smallest absolute Gasteiger partial charge is 0.308 e. The minimum absolute atomic E-state index is 0.0265. The highest BCUT2D eigenvalue weighted by Crippen LogP contribution is 2.34. The zero-order chi connectivity index (χ0) is 60.6. The lowest BCUT2D eigenvalue weighted by molar-refractivity contribution is -0.198. The van der Waals surface area contributed by atoms with Crippen molar-refractivity contribution in [2.45, 2.75) is 143 Å². The van der Waals surface area contributed by atoms with Crippen LogP contribution in [0.15, 0.2) is 60.7 Å². The summed E-state index contributed by atoms with van der Waals surface area (Å²) < 4.78 is 112. The van der Waals surface area contributed by atoms with E-state index in [1.165, 1.54) is 38.4 Å². The third-order valence-corrected chi connectivity index (χ3v) is 15.3. The summed E-state index contributed by atoms with van der Waals surface area (Å²) in [7, 11) is -4.60. The lowest BCUT2D eigenvalue weighted by Gasteiger charge is -2.28. The van der Waals surface area contributed by atoms with E-state index < -0.39 is 74.6 Å². The maximum atomic E-state index is 13.8. The molecule has 20 nitrogen and oxygen atoms in total. The minimum Gasteiger partial charge on any atom is -0.462 e. The molecule has 24 heteroatoms. The number of benzene rings is 2. The topological polar surface area (TPSA) is 256 Å². The van der Waals surface area contributed by atoms with Gasteiger partial charge in [-0.1, -0.05) is 73.6 Å². The molecule has 2 aliphatic rings. The van der Waals surface area contributed by atoms with Crippen LogP contribution in [0.4, 0.5) is 20.7 Å². The number of ether oxygens (including phenoxy) is 6. The van der Waals surface area contributed by atoms with Gasteiger partial charge in [0.15, 0.2) is 12.6 Å². The molecule has 452 valence electrons. The van der Waals surface area contributed by atoms with Crippen molar-refractivity contribution in [2.24, 2.45) is 11.8 Å². The van der Waals surface area contributed by atoms with Gasteiger partial charge >= 0.3 is 11.9 Å². The highest BCUT2D eigenvalue weighted by atomic mass is 32.2. The summed E-state index contributed by atoms with van der Waals surface area (Å²) in [6.07, 6.45) is 6.52. The number of carbonyl (C=O) groups excluding carboxylic acids is 2. The lowest BCUT2D eigenvalue weighted by Crippen LogP contribution is -2.33. The van der Waals surface area contributed by atoms with Crippen molar-refractivity contribution in [2.75, 3.05) is 61.6 Å². The third kappa shape index (κ3) is 20.2. The Kier molecular flexibility index (Phi) is 25.0. The van der Waals surface area contributed by atoms with Crippen LogP contribution in [0.2, 0.25) is 0 Å². The van der Waals surface area contributed by atoms with Crippen molar-refractivity contribution in [1.29, 1.82) is 0 Å². The fraction of sp³-hybridized carbons (Fsp3) is 0.552. The van der Waals surface area contributed by atoms with Crippen molar-refractivity contribution < 1.29 is 73.8 Å². The SMILES string of the molecule is CC(C)C(=O)O[C@@H](CC1OCCCO1)C[C@H](O)/C=C/c1c(-c2ccc(F)cc2)nc(N(C)S(C)(=O)=O)nc1C(C)C.CC(C)C(=O)O[C@H](/C=C/c1c(-c2ccc(F)cc2)nc(N(C)S(C)(=O)=O)nc1C(C)C)C[C@@H](O)CC1OCCCO1. The van der Waals surface area contributed by atoms with Crippen LogP contribution in [0.5, 0.6) is 0 Å². The molecule has 0 radical (unpaired) electrons. The summed E-state index contributed by atoms with van der Waals surface area (Å²) >= 11 is 0. The summed E-state index contributed by atoms with van der Waals surface area (Å²) in [5.41, 5.74) is 4.03. The first-order valence-corrected chi connectivity index (χ1v) is 31.0. The molecule has 2 aromatic carbocycles. The first-order valence-electron chi connectivity index (χ1n) is 27.4. The lowest BCUT2D eigenvalue weighted by atomic mass is 9.97. The zero-order valence-corrected chi connectivity index (χ0v) is 50.5. The first kappa shape index (κ1) is 66.9. The van der Waals surface area contributed by atoms with Crippen LogP contribution in [-0.2, 0) is 58.1 Å². The summed E-state index contributed by atoms with van der Waals surface area (Å²) in [6, 6.07) is 11.4. The average molecular weight is 1190 g/mol. The van der Waals surface area contributed by atoms with Gasteiger partial charge in [-0.25, -0.2) is 54.2 Å². The molecule has 0 unspecified atom stereocenters. The van der Waals surface area contributed by atoms with Crippen molar-refractivity contribution in [3.05, 3.63) is 94.8 Å². The van der Waals surface area contributed by atoms with Crippen molar-refractivity contribution in [1.82, 2.24) is 19.9 Å². The summed E-state index contributed by atoms with van der Waals surface area (Å²) in [6.45, 7) is 16.7. The number of aliphatic hydroxyl groups excluding tert-OH is 2. The number of hydrogen-bond acceptors (Lipinski definition) is 18. The molecule has 0 spiro atoms. The van der Waals surface area contributed by atoms with Crippen LogP contribution in [0.3, 0.4) is 0 Å². The Morgan fingerprint density at radius 2 is 1.00 bits per heavy atom. The van der Waals surface area contributed by atoms with Crippen LogP contribution in [0.25, 0.3) is 34.7 Å². The molecule has 4 heterocycles. The van der Waals surface area contributed by atoms with Gasteiger partial charge in [0.2, 0.25) is 31.9 Å². The molecule has 6 rings (SSSR count). The average Bonchev–Trinajstić information content (AvgIpc) is 2.53. The Balaban J connectivity index is 0.000000301. The van der Waals surface area contributed by atoms with Crippen LogP contribution >= 0.6 is 0 Å². The molecule has 2 aliphatic heterocycles. The number of aliphatic hydroxyl groups is 2. The first-order chi connectivity index (χ1) is 38.5. The van der Waals surface area contributed by atoms with E-state index in [2.05, 4.69) is 19.9 Å². The molecule has 0 bridgehead atoms. The fourth-order valence-corrected chi connectivity index (χ4v) is 9.00. The second kappa shape index (κ2) is 30.6. The molecule has 4 aromatic rings. The fourth-order valence-electron chi connectivity index (χ4n) is 8.24. The summed E-state index contributed by atoms with van der Waals surface area (Å²) in [5, 5.41) is 21.8. The van der Waals surface area contributed by atoms with E-state index in [4.69, 9.17) is 28.4 Å². The molecular formula is C58H80F2N6O14S2. The van der Waals surface area contributed by atoms with Crippen LogP contribution in [0.1, 0.15) is 128 Å². The van der Waals surface area contributed by atoms with Gasteiger partial charge in [-0.2, -0.15) is 0 Å². The Morgan fingerprint density at radius 3 is 1.39 bits per heavy atom. The number of halogens is 2. The van der Waals surface area contributed by atoms with E-state index >= 15 is 0 Å². The Hall–Kier alpha value is -5.86. The molecule has 82 heavy (non-hydrogen) atoms. The molecule has 2 N–H and O–H groups in total. The number of esters is 2. The largest absolute Gasteiger partial charge is 0.462 e. The monoisotopic (exact) mass is 1190 g/mol. The van der Waals surface area contributed by atoms with Gasteiger partial charge in [0.1, 0.15) is 23.8 Å². The Bertz CT molecular complexity index is 3030. The van der Waals surface area contributed by atoms with E-state index in [0.717, 1.165) is 34.0 Å². The Morgan fingerprint density at radius 1 is 0.610 bits per heavy atom. The zero-order valence-electron chi connectivity index (χ0n) is 48.8. The standard InChI is InChI=1S/2C29H40FN3O7S/c1-18(2)26-24(27(20-8-10-21(30)11-9-20)32-29(31-26)33(5)41(6,36)37)13-12-23(40-28(35)19(3)4)16-22(34)17-25-38-14-7-15-39-25;1-18(2)26-24(27(20-8-10-21(30)11-9-20)32-29(31-26)33(5)41(6,36)37)13-12-22(34)16-23(40-28(35)19(3)4)17-25-38-14-7-15-39-25/h2*8-13,18-19,22-23,25,34H,7,14-17H2,1-6H3/b2*13-12+/t2*22-,23-/m11/s1. The molecular weight excluding hydrogens is 1110 g/mol. The van der Waals surface area contributed by atoms with Crippen LogP contribution in [0, 0.1) is 23.5 Å². The molecule has 0 aliphatic carbocycles. The predicted octanol–water partition coefficient (Wildman–Crippen LogP) is 8.57. The number of anilines is 2. The van der Waals surface area contributed by atoms with E-state index in [9.17, 15) is 45.4 Å². The highest BCUT2D eigenvalue weighted by Gasteiger charge is 2.29. The van der Waals surface area contributed by atoms with Gasteiger partial charge < -0.3 is 38.6 Å². The molecule has 4 atom stereocenters. The second-order valence-corrected chi connectivity index (χ2v) is 25.4. The number of nitrogens with zero attached hydrogens (tertiary/aromatic N) is 6. The maximum absolute atomic E-state index is 13.8. The van der Waals surface area contributed by atoms with E-state index in [1.54, 1.807) is 76.3 Å². The second-order valence-electron chi connectivity index (χ2n) is 21.4. The molecule has 2 fully saturated rings. The predicted molar refractivity (Wildman–Crippen MR) is 308 cm³/mol. The normalized spacial score (nSPS) is 16.3. The summed E-state index contributed by atoms with van der Waals surface area (Å²) in [4.78, 5) is 43.1. The summed E-state index contributed by atoms with van der Waals surface area (Å²) in [5.74, 6) is -2.77. The van der Waals surface area contributed by atoms with Crippen LogP contribution < -0.4 is 8.61 Å². The quantitative estimate of drug-likeness (QED) is 0.0623. The van der Waals surface area contributed by atoms with E-state index in [0.29, 0.717) is 71.5 Å². The molecule has 0 saturated carbocycles. The van der Waals surface area contributed by atoms with Gasteiger partial charge in [-0.05, 0) is 79.3 Å².